The molecule has 0 aliphatic carbocycles. The maximum Gasteiger partial charge on any atom is 2.00 e. The van der Waals surface area contributed by atoms with Crippen molar-refractivity contribution in [1.82, 2.24) is 0 Å². The molecule has 0 fully saturated rings. The first-order valence-electron chi connectivity index (χ1n) is 0. The monoisotopic (exact) mass is 218 g/mol. The van der Waals surface area contributed by atoms with Gasteiger partial charge in [0, 0.05) is 21.7 Å². The van der Waals surface area contributed by atoms with E-state index in [4.69, 9.17) is 0 Å². The Morgan fingerprint density at radius 3 is 0.714 bits per heavy atom. The third-order valence-corrected chi connectivity index (χ3v) is 0. The summed E-state index contributed by atoms with van der Waals surface area (Å²) in [6.07, 6.45) is 0. The molecule has 42 valence electrons. The quantitative estimate of drug-likeness (QED) is 0.358. The zero-order valence-corrected chi connectivity index (χ0v) is 9.24. The SMILES string of the molecule is O.O.O.O.[H-].[H-].[H-].[Li+].[Sr+2].[Ti]. The van der Waals surface area contributed by atoms with Gasteiger partial charge in [-0.05, 0) is 0 Å². The van der Waals surface area contributed by atoms with Crippen LogP contribution in [0.1, 0.15) is 4.28 Å². The molecule has 0 aromatic heterocycles. The van der Waals surface area contributed by atoms with Crippen molar-refractivity contribution in [3.63, 3.8) is 0 Å². The molecule has 0 amide bonds. The first kappa shape index (κ1) is 104. The van der Waals surface area contributed by atoms with Crippen molar-refractivity contribution in [3.05, 3.63) is 0 Å². The van der Waals surface area contributed by atoms with E-state index in [0.717, 1.165) is 0 Å². The van der Waals surface area contributed by atoms with E-state index >= 15 is 0 Å². The van der Waals surface area contributed by atoms with Gasteiger partial charge in [0.15, 0.2) is 0 Å². The number of hydrogen-bond acceptors (Lipinski definition) is 0. The molecule has 0 bridgehead atoms. The van der Waals surface area contributed by atoms with E-state index in [1.807, 2.05) is 0 Å². The van der Waals surface area contributed by atoms with Gasteiger partial charge in [-0.25, -0.2) is 0 Å². The molecule has 0 unspecified atom stereocenters. The van der Waals surface area contributed by atoms with E-state index in [1.54, 1.807) is 0 Å². The summed E-state index contributed by atoms with van der Waals surface area (Å²) in [6.45, 7) is 0. The topological polar surface area (TPSA) is 126 Å². The minimum absolute atomic E-state index is 0. The predicted molar refractivity (Wildman–Crippen MR) is 23.5 cm³/mol. The summed E-state index contributed by atoms with van der Waals surface area (Å²) in [5.41, 5.74) is 0. The zero-order chi connectivity index (χ0) is 0. The Bertz CT molecular complexity index is 20.5. The molecule has 0 aliphatic rings. The Morgan fingerprint density at radius 1 is 0.714 bits per heavy atom. The van der Waals surface area contributed by atoms with E-state index in [0.29, 0.717) is 0 Å². The van der Waals surface area contributed by atoms with Gasteiger partial charge in [0.05, 0.1) is 0 Å². The zero-order valence-electron chi connectivity index (χ0n) is 7.21. The van der Waals surface area contributed by atoms with E-state index in [9.17, 15) is 0 Å². The molecule has 0 aromatic carbocycles. The molecule has 0 aliphatic heterocycles. The predicted octanol–water partition coefficient (Wildman–Crippen LogP) is -6.34. The van der Waals surface area contributed by atoms with Crippen molar-refractivity contribution in [3.8, 4) is 0 Å². The van der Waals surface area contributed by atoms with Gasteiger partial charge in [0.2, 0.25) is 0 Å². The van der Waals surface area contributed by atoms with Crippen LogP contribution >= 0.6 is 0 Å². The normalized spacial score (nSPS) is 0. The van der Waals surface area contributed by atoms with Crippen molar-refractivity contribution in [1.29, 1.82) is 0 Å². The van der Waals surface area contributed by atoms with Gasteiger partial charge in [-0.3, -0.25) is 0 Å². The molecule has 0 atom stereocenters. The summed E-state index contributed by atoms with van der Waals surface area (Å²) in [5, 5.41) is 0. The molecule has 0 heterocycles. The maximum atomic E-state index is 0. The van der Waals surface area contributed by atoms with Crippen LogP contribution in [0.5, 0.6) is 0 Å². The van der Waals surface area contributed by atoms with Crippen LogP contribution in [0.3, 0.4) is 0 Å². The molecule has 0 radical (unpaired) electrons. The van der Waals surface area contributed by atoms with Gasteiger partial charge in [-0.2, -0.15) is 0 Å². The second-order valence-electron chi connectivity index (χ2n) is 0. The Labute approximate surface area is 110 Å². The average molecular weight is 218 g/mol. The van der Waals surface area contributed by atoms with Crippen LogP contribution in [0.15, 0.2) is 0 Å². The molecule has 4 nitrogen and oxygen atoms in total. The second kappa shape index (κ2) is 72.6. The van der Waals surface area contributed by atoms with Crippen LogP contribution in [0.4, 0.5) is 0 Å². The van der Waals surface area contributed by atoms with Gasteiger partial charge in [-0.15, -0.1) is 0 Å². The van der Waals surface area contributed by atoms with Crippen molar-refractivity contribution in [2.45, 2.75) is 0 Å². The Morgan fingerprint density at radius 2 is 0.714 bits per heavy atom. The molecule has 7 heavy (non-hydrogen) atoms. The fourth-order valence-electron chi connectivity index (χ4n) is 0. The Kier molecular flexibility index (Phi) is 1070. The standard InChI is InChI=1S/Li.4H2O.Sr.Ti.3H/h;4*1H2;;;;;/q+1;;;;;+2;;3*-1. The third kappa shape index (κ3) is 54.8. The fraction of sp³-hybridized carbons (Fsp3) is 0. The summed E-state index contributed by atoms with van der Waals surface area (Å²) >= 11 is 0. The maximum absolute atomic E-state index is 0. The van der Waals surface area contributed by atoms with E-state index in [2.05, 4.69) is 0 Å². The van der Waals surface area contributed by atoms with Gasteiger partial charge in [0.25, 0.3) is 0 Å². The first-order valence-corrected chi connectivity index (χ1v) is 0. The van der Waals surface area contributed by atoms with Gasteiger partial charge >= 0.3 is 64.3 Å². The Balaban J connectivity index is 0. The average Bonchev–Trinajstić information content (AvgIpc) is 0. The molecule has 0 aromatic rings. The van der Waals surface area contributed by atoms with Crippen molar-refractivity contribution >= 4 is 45.5 Å². The first-order chi connectivity index (χ1) is 0. The minimum Gasteiger partial charge on any atom is -1.00 e. The molecule has 0 saturated carbocycles. The molecule has 0 saturated heterocycles. The van der Waals surface area contributed by atoms with Crippen LogP contribution < -0.4 is 18.9 Å². The van der Waals surface area contributed by atoms with Gasteiger partial charge in [-0.1, -0.05) is 0 Å². The summed E-state index contributed by atoms with van der Waals surface area (Å²) in [4.78, 5) is 0. The Hall–Kier alpha value is 2.63. The van der Waals surface area contributed by atoms with E-state index < -0.39 is 0 Å². The third-order valence-electron chi connectivity index (χ3n) is 0. The van der Waals surface area contributed by atoms with Crippen molar-refractivity contribution < 1.29 is 66.8 Å². The largest absolute Gasteiger partial charge is 2.00 e. The van der Waals surface area contributed by atoms with Crippen LogP contribution in [0.25, 0.3) is 0 Å². The van der Waals surface area contributed by atoms with Crippen molar-refractivity contribution in [2.24, 2.45) is 0 Å². The molecule has 0 rings (SSSR count). The summed E-state index contributed by atoms with van der Waals surface area (Å²) in [5.74, 6) is 0. The van der Waals surface area contributed by atoms with Crippen LogP contribution in [0, 0.1) is 0 Å². The number of hydrogen-bond donors (Lipinski definition) is 0. The molecule has 0 spiro atoms. The smallest absolute Gasteiger partial charge is 1.00 e. The van der Waals surface area contributed by atoms with E-state index in [-0.39, 0.29) is 112 Å². The summed E-state index contributed by atoms with van der Waals surface area (Å²) < 4.78 is 0. The molecule has 8 N–H and O–H groups in total. The molecular formula is H11LiO4SrTi. The number of rotatable bonds is 0. The summed E-state index contributed by atoms with van der Waals surface area (Å²) in [6, 6.07) is 0. The second-order valence-corrected chi connectivity index (χ2v) is 0. The van der Waals surface area contributed by atoms with Gasteiger partial charge in [0.1, 0.15) is 0 Å². The summed E-state index contributed by atoms with van der Waals surface area (Å²) in [7, 11) is 0. The van der Waals surface area contributed by atoms with Gasteiger partial charge < -0.3 is 26.2 Å². The minimum atomic E-state index is 0. The van der Waals surface area contributed by atoms with Crippen molar-refractivity contribution in [2.75, 3.05) is 0 Å². The fourth-order valence-corrected chi connectivity index (χ4v) is 0. The van der Waals surface area contributed by atoms with E-state index in [1.165, 1.54) is 0 Å². The molecular weight excluding hydrogens is 206 g/mol. The molecule has 7 heteroatoms. The van der Waals surface area contributed by atoms with Crippen LogP contribution in [-0.2, 0) is 21.7 Å². The van der Waals surface area contributed by atoms with Crippen LogP contribution in [0.2, 0.25) is 0 Å². The van der Waals surface area contributed by atoms with Crippen LogP contribution in [-0.4, -0.2) is 67.4 Å².